The van der Waals surface area contributed by atoms with Crippen molar-refractivity contribution in [2.75, 3.05) is 18.0 Å². The van der Waals surface area contributed by atoms with Gasteiger partial charge in [-0.25, -0.2) is 4.39 Å². The molecule has 1 aliphatic rings. The van der Waals surface area contributed by atoms with E-state index in [1.54, 1.807) is 12.1 Å². The van der Waals surface area contributed by atoms with Crippen molar-refractivity contribution in [2.45, 2.75) is 26.1 Å². The van der Waals surface area contributed by atoms with Crippen LogP contribution in [0.15, 0.2) is 24.3 Å². The van der Waals surface area contributed by atoms with Crippen LogP contribution >= 0.6 is 0 Å². The summed E-state index contributed by atoms with van der Waals surface area (Å²) in [6.45, 7) is 5.74. The molecule has 0 aliphatic carbocycles. The van der Waals surface area contributed by atoms with Gasteiger partial charge in [-0.05, 0) is 32.0 Å². The zero-order chi connectivity index (χ0) is 10.8. The number of hydrogen-bond donors (Lipinski definition) is 0. The van der Waals surface area contributed by atoms with Crippen molar-refractivity contribution < 1.29 is 9.13 Å². The maximum Gasteiger partial charge on any atom is 0.125 e. The smallest absolute Gasteiger partial charge is 0.125 e. The van der Waals surface area contributed by atoms with Crippen LogP contribution in [0.4, 0.5) is 10.1 Å². The van der Waals surface area contributed by atoms with E-state index in [2.05, 4.69) is 4.90 Å². The third kappa shape index (κ3) is 2.48. The number of anilines is 1. The fourth-order valence-electron chi connectivity index (χ4n) is 2.06. The lowest BCUT2D eigenvalue weighted by Crippen LogP contribution is -2.45. The second-order valence-corrected chi connectivity index (χ2v) is 4.14. The summed E-state index contributed by atoms with van der Waals surface area (Å²) >= 11 is 0. The molecule has 1 heterocycles. The molecular weight excluding hydrogens is 193 g/mol. The monoisotopic (exact) mass is 209 g/mol. The zero-order valence-corrected chi connectivity index (χ0v) is 9.11. The predicted octanol–water partition coefficient (Wildman–Crippen LogP) is 2.44. The molecule has 1 aromatic rings. The van der Waals surface area contributed by atoms with Crippen LogP contribution < -0.4 is 4.90 Å². The van der Waals surface area contributed by atoms with E-state index in [0.717, 1.165) is 18.8 Å². The zero-order valence-electron chi connectivity index (χ0n) is 9.11. The van der Waals surface area contributed by atoms with E-state index in [-0.39, 0.29) is 18.0 Å². The van der Waals surface area contributed by atoms with Gasteiger partial charge in [0.2, 0.25) is 0 Å². The maximum atomic E-state index is 13.1. The quantitative estimate of drug-likeness (QED) is 0.704. The van der Waals surface area contributed by atoms with E-state index in [1.165, 1.54) is 6.07 Å². The van der Waals surface area contributed by atoms with Crippen LogP contribution in [0, 0.1) is 5.82 Å². The van der Waals surface area contributed by atoms with Gasteiger partial charge in [0.25, 0.3) is 0 Å². The number of hydrogen-bond acceptors (Lipinski definition) is 2. The van der Waals surface area contributed by atoms with E-state index >= 15 is 0 Å². The number of nitrogens with zero attached hydrogens (tertiary/aromatic N) is 1. The van der Waals surface area contributed by atoms with Gasteiger partial charge in [-0.3, -0.25) is 0 Å². The van der Waals surface area contributed by atoms with Crippen LogP contribution in [0.2, 0.25) is 0 Å². The SMILES string of the molecule is C[C@@H]1CN(c2cccc(F)c2)C[C@H](C)O1. The van der Waals surface area contributed by atoms with Gasteiger partial charge >= 0.3 is 0 Å². The minimum atomic E-state index is -0.181. The van der Waals surface area contributed by atoms with Crippen molar-refractivity contribution >= 4 is 5.69 Å². The van der Waals surface area contributed by atoms with Gasteiger partial charge in [0.1, 0.15) is 5.82 Å². The summed E-state index contributed by atoms with van der Waals surface area (Å²) in [6.07, 6.45) is 0.411. The first kappa shape index (κ1) is 10.4. The number of halogens is 1. The first-order valence-electron chi connectivity index (χ1n) is 5.31. The van der Waals surface area contributed by atoms with E-state index in [4.69, 9.17) is 4.74 Å². The van der Waals surface area contributed by atoms with Gasteiger partial charge in [0, 0.05) is 18.8 Å². The average Bonchev–Trinajstić information content (AvgIpc) is 2.16. The van der Waals surface area contributed by atoms with E-state index in [1.807, 2.05) is 19.9 Å². The molecule has 0 amide bonds. The molecule has 2 atom stereocenters. The van der Waals surface area contributed by atoms with E-state index < -0.39 is 0 Å². The third-order valence-corrected chi connectivity index (χ3v) is 2.59. The molecule has 1 aliphatic heterocycles. The Hall–Kier alpha value is -1.09. The molecule has 2 nitrogen and oxygen atoms in total. The fourth-order valence-corrected chi connectivity index (χ4v) is 2.06. The fraction of sp³-hybridized carbons (Fsp3) is 0.500. The lowest BCUT2D eigenvalue weighted by atomic mass is 10.2. The Morgan fingerprint density at radius 1 is 1.27 bits per heavy atom. The van der Waals surface area contributed by atoms with Gasteiger partial charge in [-0.15, -0.1) is 0 Å². The third-order valence-electron chi connectivity index (χ3n) is 2.59. The molecule has 82 valence electrons. The Labute approximate surface area is 89.7 Å². The number of morpholine rings is 1. The lowest BCUT2D eigenvalue weighted by Gasteiger charge is -2.36. The van der Waals surface area contributed by atoms with Crippen molar-refractivity contribution in [3.8, 4) is 0 Å². The van der Waals surface area contributed by atoms with Crippen molar-refractivity contribution in [1.29, 1.82) is 0 Å². The van der Waals surface area contributed by atoms with Crippen molar-refractivity contribution in [3.05, 3.63) is 30.1 Å². The Bertz CT molecular complexity index is 332. The summed E-state index contributed by atoms with van der Waals surface area (Å²) in [5.41, 5.74) is 0.942. The van der Waals surface area contributed by atoms with Gasteiger partial charge in [-0.2, -0.15) is 0 Å². The van der Waals surface area contributed by atoms with E-state index in [0.29, 0.717) is 0 Å². The van der Waals surface area contributed by atoms with E-state index in [9.17, 15) is 4.39 Å². The standard InChI is InChI=1S/C12H16FNO/c1-9-7-14(8-10(2)15-9)12-5-3-4-11(13)6-12/h3-6,9-10H,7-8H2,1-2H3/t9-,10+. The molecular formula is C12H16FNO. The molecule has 0 bridgehead atoms. The van der Waals surface area contributed by atoms with Crippen LogP contribution in [0.5, 0.6) is 0 Å². The molecule has 0 saturated carbocycles. The minimum absolute atomic E-state index is 0.181. The normalized spacial score (nSPS) is 26.7. The summed E-state index contributed by atoms with van der Waals surface area (Å²) in [5, 5.41) is 0. The summed E-state index contributed by atoms with van der Waals surface area (Å²) in [6, 6.07) is 6.73. The highest BCUT2D eigenvalue weighted by atomic mass is 19.1. The minimum Gasteiger partial charge on any atom is -0.372 e. The van der Waals surface area contributed by atoms with Crippen molar-refractivity contribution in [2.24, 2.45) is 0 Å². The number of rotatable bonds is 1. The molecule has 0 spiro atoms. The molecule has 0 radical (unpaired) electrons. The van der Waals surface area contributed by atoms with Crippen LogP contribution in [0.3, 0.4) is 0 Å². The Kier molecular flexibility index (Phi) is 2.91. The summed E-state index contributed by atoms with van der Waals surface area (Å²) < 4.78 is 18.7. The maximum absolute atomic E-state index is 13.1. The van der Waals surface area contributed by atoms with Crippen LogP contribution in [-0.2, 0) is 4.74 Å². The second kappa shape index (κ2) is 4.19. The lowest BCUT2D eigenvalue weighted by molar-refractivity contribution is -0.00523. The molecule has 0 aromatic heterocycles. The molecule has 15 heavy (non-hydrogen) atoms. The Balaban J connectivity index is 2.16. The number of benzene rings is 1. The summed E-state index contributed by atoms with van der Waals surface area (Å²) in [4.78, 5) is 2.17. The van der Waals surface area contributed by atoms with Gasteiger partial charge in [-0.1, -0.05) is 6.07 Å². The highest BCUT2D eigenvalue weighted by molar-refractivity contribution is 5.47. The van der Waals surface area contributed by atoms with Gasteiger partial charge in [0.05, 0.1) is 12.2 Å². The first-order chi connectivity index (χ1) is 7.15. The largest absolute Gasteiger partial charge is 0.372 e. The Morgan fingerprint density at radius 2 is 1.93 bits per heavy atom. The average molecular weight is 209 g/mol. The highest BCUT2D eigenvalue weighted by Gasteiger charge is 2.22. The van der Waals surface area contributed by atoms with Crippen LogP contribution in [-0.4, -0.2) is 25.3 Å². The molecule has 3 heteroatoms. The highest BCUT2D eigenvalue weighted by Crippen LogP contribution is 2.20. The molecule has 0 unspecified atom stereocenters. The van der Waals surface area contributed by atoms with Crippen molar-refractivity contribution in [3.63, 3.8) is 0 Å². The second-order valence-electron chi connectivity index (χ2n) is 4.14. The molecule has 1 fully saturated rings. The topological polar surface area (TPSA) is 12.5 Å². The number of ether oxygens (including phenoxy) is 1. The molecule has 2 rings (SSSR count). The Morgan fingerprint density at radius 3 is 2.53 bits per heavy atom. The first-order valence-corrected chi connectivity index (χ1v) is 5.31. The summed E-state index contributed by atoms with van der Waals surface area (Å²) in [7, 11) is 0. The molecule has 0 N–H and O–H groups in total. The van der Waals surface area contributed by atoms with Gasteiger partial charge < -0.3 is 9.64 Å². The van der Waals surface area contributed by atoms with Crippen LogP contribution in [0.1, 0.15) is 13.8 Å². The molecule has 1 aromatic carbocycles. The summed E-state index contributed by atoms with van der Waals surface area (Å²) in [5.74, 6) is -0.181. The van der Waals surface area contributed by atoms with Gasteiger partial charge in [0.15, 0.2) is 0 Å². The predicted molar refractivity (Wildman–Crippen MR) is 58.6 cm³/mol. The van der Waals surface area contributed by atoms with Crippen LogP contribution in [0.25, 0.3) is 0 Å². The molecule has 1 saturated heterocycles. The van der Waals surface area contributed by atoms with Crippen molar-refractivity contribution in [1.82, 2.24) is 0 Å².